The van der Waals surface area contributed by atoms with Gasteiger partial charge in [0.15, 0.2) is 18.1 Å². The molecule has 1 aromatic carbocycles. The summed E-state index contributed by atoms with van der Waals surface area (Å²) in [6.07, 6.45) is 8.18. The van der Waals surface area contributed by atoms with Crippen molar-refractivity contribution in [2.45, 2.75) is 76.9 Å². The summed E-state index contributed by atoms with van der Waals surface area (Å²) in [6.45, 7) is 6.57. The van der Waals surface area contributed by atoms with Crippen molar-refractivity contribution in [2.75, 3.05) is 13.7 Å². The first kappa shape index (κ1) is 21.9. The van der Waals surface area contributed by atoms with Gasteiger partial charge in [0, 0.05) is 27.7 Å². The molecular weight excluding hydrogens is 444 g/mol. The first-order valence-electron chi connectivity index (χ1n) is 11.2. The maximum absolute atomic E-state index is 12.3. The zero-order chi connectivity index (χ0) is 21.5. The van der Waals surface area contributed by atoms with Crippen molar-refractivity contribution >= 4 is 21.8 Å². The fraction of sp³-hybridized carbons (Fsp3) is 0.708. The third-order valence-corrected chi connectivity index (χ3v) is 7.67. The number of methoxy groups -OCH3 is 1. The van der Waals surface area contributed by atoms with Crippen molar-refractivity contribution in [3.05, 3.63) is 22.2 Å². The average molecular weight is 479 g/mol. The van der Waals surface area contributed by atoms with Crippen LogP contribution in [0.25, 0.3) is 0 Å². The van der Waals surface area contributed by atoms with E-state index in [1.54, 1.807) is 7.11 Å². The zero-order valence-corrected chi connectivity index (χ0v) is 20.2. The van der Waals surface area contributed by atoms with Crippen LogP contribution in [0.3, 0.4) is 0 Å². The third-order valence-electron chi connectivity index (χ3n) is 6.93. The Morgan fingerprint density at radius 1 is 1.13 bits per heavy atom. The van der Waals surface area contributed by atoms with Crippen LogP contribution >= 0.6 is 15.9 Å². The zero-order valence-electron chi connectivity index (χ0n) is 18.6. The molecule has 4 aliphatic carbocycles. The van der Waals surface area contributed by atoms with Crippen LogP contribution in [0.15, 0.2) is 16.6 Å². The Kier molecular flexibility index (Phi) is 6.10. The summed E-state index contributed by atoms with van der Waals surface area (Å²) in [5, 5.41) is 6.89. The number of nitrogens with one attached hydrogen (secondary N) is 2. The molecule has 4 fully saturated rings. The maximum Gasteiger partial charge on any atom is 0.258 e. The molecule has 30 heavy (non-hydrogen) atoms. The summed E-state index contributed by atoms with van der Waals surface area (Å²) in [5.74, 6) is 3.86. The Morgan fingerprint density at radius 2 is 1.73 bits per heavy atom. The van der Waals surface area contributed by atoms with Gasteiger partial charge in [0.2, 0.25) is 0 Å². The van der Waals surface area contributed by atoms with E-state index in [1.165, 1.54) is 38.5 Å². The molecule has 0 aliphatic heterocycles. The van der Waals surface area contributed by atoms with Crippen molar-refractivity contribution in [1.82, 2.24) is 10.6 Å². The first-order chi connectivity index (χ1) is 14.2. The summed E-state index contributed by atoms with van der Waals surface area (Å²) >= 11 is 3.70. The van der Waals surface area contributed by atoms with Crippen molar-refractivity contribution in [1.29, 1.82) is 0 Å². The molecule has 6 heteroatoms. The van der Waals surface area contributed by atoms with Gasteiger partial charge in [0.05, 0.1) is 7.11 Å². The lowest BCUT2D eigenvalue weighted by molar-refractivity contribution is -0.124. The number of carbonyl (C=O) groups is 1. The molecule has 1 amide bonds. The van der Waals surface area contributed by atoms with E-state index >= 15 is 0 Å². The quantitative estimate of drug-likeness (QED) is 0.590. The number of rotatable bonds is 7. The second kappa shape index (κ2) is 8.34. The highest BCUT2D eigenvalue weighted by molar-refractivity contribution is 9.10. The molecule has 0 heterocycles. The van der Waals surface area contributed by atoms with Gasteiger partial charge >= 0.3 is 0 Å². The number of ether oxygens (including phenoxy) is 2. The van der Waals surface area contributed by atoms with Crippen LogP contribution in [-0.2, 0) is 11.3 Å². The third kappa shape index (κ3) is 4.80. The molecule has 4 bridgehead atoms. The van der Waals surface area contributed by atoms with E-state index in [1.807, 2.05) is 32.9 Å². The van der Waals surface area contributed by atoms with Crippen LogP contribution in [-0.4, -0.2) is 30.7 Å². The number of carbonyl (C=O) groups excluding carboxylic acids is 1. The van der Waals surface area contributed by atoms with Crippen molar-refractivity contribution in [3.8, 4) is 11.5 Å². The molecule has 4 aliphatic rings. The first-order valence-corrected chi connectivity index (χ1v) is 12.0. The van der Waals surface area contributed by atoms with Gasteiger partial charge in [-0.1, -0.05) is 15.9 Å². The largest absolute Gasteiger partial charge is 0.493 e. The molecule has 0 atom stereocenters. The second-order valence-corrected chi connectivity index (χ2v) is 11.5. The molecule has 0 spiro atoms. The number of benzene rings is 1. The monoisotopic (exact) mass is 478 g/mol. The lowest BCUT2D eigenvalue weighted by Gasteiger charge is -2.57. The Labute approximate surface area is 188 Å². The van der Waals surface area contributed by atoms with Crippen LogP contribution in [0.5, 0.6) is 11.5 Å². The van der Waals surface area contributed by atoms with Crippen LogP contribution in [0.4, 0.5) is 0 Å². The Hall–Kier alpha value is -1.27. The molecule has 0 aromatic heterocycles. The van der Waals surface area contributed by atoms with Gasteiger partial charge in [0.25, 0.3) is 5.91 Å². The minimum atomic E-state index is -0.287. The number of hydrogen-bond donors (Lipinski definition) is 2. The van der Waals surface area contributed by atoms with Crippen molar-refractivity contribution in [2.24, 2.45) is 17.8 Å². The Morgan fingerprint density at radius 3 is 2.27 bits per heavy atom. The summed E-state index contributed by atoms with van der Waals surface area (Å²) in [6, 6.07) is 3.88. The molecule has 2 N–H and O–H groups in total. The standard InChI is InChI=1S/C24H35BrN2O3/c1-23(2,3)27-21(28)14-30-22-18(19(25)5-6-20(22)29-4)13-26-24-10-15-7-16(11-24)9-17(8-15)12-24/h5-6,15-17,26H,7-14H2,1-4H3,(H,27,28). The molecule has 1 aromatic rings. The van der Waals surface area contributed by atoms with Gasteiger partial charge in [-0.15, -0.1) is 0 Å². The smallest absolute Gasteiger partial charge is 0.258 e. The molecule has 0 radical (unpaired) electrons. The molecular formula is C24H35BrN2O3. The SMILES string of the molecule is COc1ccc(Br)c(CNC23CC4CC(CC(C4)C2)C3)c1OCC(=O)NC(C)(C)C. The molecule has 166 valence electrons. The lowest BCUT2D eigenvalue weighted by Crippen LogP contribution is -2.58. The predicted molar refractivity (Wildman–Crippen MR) is 122 cm³/mol. The van der Waals surface area contributed by atoms with Gasteiger partial charge < -0.3 is 20.1 Å². The molecule has 5 nitrogen and oxygen atoms in total. The van der Waals surface area contributed by atoms with Gasteiger partial charge in [-0.2, -0.15) is 0 Å². The fourth-order valence-electron chi connectivity index (χ4n) is 6.26. The van der Waals surface area contributed by atoms with Crippen LogP contribution < -0.4 is 20.1 Å². The summed E-state index contributed by atoms with van der Waals surface area (Å²) < 4.78 is 12.6. The number of amides is 1. The van der Waals surface area contributed by atoms with Crippen LogP contribution in [0.2, 0.25) is 0 Å². The van der Waals surface area contributed by atoms with Crippen LogP contribution in [0.1, 0.15) is 64.9 Å². The van der Waals surface area contributed by atoms with Gasteiger partial charge in [0.1, 0.15) is 0 Å². The van der Waals surface area contributed by atoms with E-state index in [-0.39, 0.29) is 23.6 Å². The Balaban J connectivity index is 1.49. The highest BCUT2D eigenvalue weighted by Gasteiger charge is 2.50. The molecule has 0 unspecified atom stereocenters. The van der Waals surface area contributed by atoms with E-state index in [9.17, 15) is 4.79 Å². The summed E-state index contributed by atoms with van der Waals surface area (Å²) in [7, 11) is 1.64. The molecule has 4 saturated carbocycles. The minimum absolute atomic E-state index is 0.0333. The van der Waals surface area contributed by atoms with Crippen molar-refractivity contribution in [3.63, 3.8) is 0 Å². The highest BCUT2D eigenvalue weighted by atomic mass is 79.9. The van der Waals surface area contributed by atoms with E-state index < -0.39 is 0 Å². The number of hydrogen-bond acceptors (Lipinski definition) is 4. The normalized spacial score (nSPS) is 29.7. The van der Waals surface area contributed by atoms with E-state index in [4.69, 9.17) is 9.47 Å². The minimum Gasteiger partial charge on any atom is -0.493 e. The fourth-order valence-corrected chi connectivity index (χ4v) is 6.71. The summed E-state index contributed by atoms with van der Waals surface area (Å²) in [5.41, 5.74) is 0.997. The summed E-state index contributed by atoms with van der Waals surface area (Å²) in [4.78, 5) is 12.3. The van der Waals surface area contributed by atoms with E-state index in [2.05, 4.69) is 26.6 Å². The van der Waals surface area contributed by atoms with Gasteiger partial charge in [-0.25, -0.2) is 0 Å². The van der Waals surface area contributed by atoms with Crippen molar-refractivity contribution < 1.29 is 14.3 Å². The van der Waals surface area contributed by atoms with E-state index in [0.717, 1.165) is 27.8 Å². The van der Waals surface area contributed by atoms with Crippen LogP contribution in [0, 0.1) is 17.8 Å². The second-order valence-electron chi connectivity index (χ2n) is 10.7. The Bertz CT molecular complexity index is 767. The average Bonchev–Trinajstić information content (AvgIpc) is 2.63. The highest BCUT2D eigenvalue weighted by Crippen LogP contribution is 2.55. The topological polar surface area (TPSA) is 59.6 Å². The maximum atomic E-state index is 12.3. The lowest BCUT2D eigenvalue weighted by atomic mass is 9.53. The molecule has 5 rings (SSSR count). The van der Waals surface area contributed by atoms with Gasteiger partial charge in [-0.05, 0) is 89.2 Å². The van der Waals surface area contributed by atoms with Gasteiger partial charge in [-0.3, -0.25) is 4.79 Å². The predicted octanol–water partition coefficient (Wildman–Crippen LogP) is 4.81. The van der Waals surface area contributed by atoms with E-state index in [0.29, 0.717) is 18.0 Å². The molecule has 0 saturated heterocycles. The number of halogens is 1.